The Kier molecular flexibility index (Phi) is 3.78. The van der Waals surface area contributed by atoms with Crippen LogP contribution in [0.2, 0.25) is 5.02 Å². The van der Waals surface area contributed by atoms with Crippen molar-refractivity contribution < 1.29 is 9.84 Å². The first-order valence-corrected chi connectivity index (χ1v) is 6.93. The van der Waals surface area contributed by atoms with Gasteiger partial charge in [-0.15, -0.1) is 0 Å². The Balaban J connectivity index is 2.09. The fraction of sp³-hybridized carbons (Fsp3) is 0.118. The first-order valence-electron chi connectivity index (χ1n) is 6.55. The summed E-state index contributed by atoms with van der Waals surface area (Å²) in [5, 5.41) is 13.1. The Hall–Kier alpha value is -2.10. The Morgan fingerprint density at radius 3 is 2.57 bits per heavy atom. The summed E-state index contributed by atoms with van der Waals surface area (Å²) in [5.41, 5.74) is 1.38. The van der Waals surface area contributed by atoms with Gasteiger partial charge in [0.05, 0.1) is 12.8 Å². The molecule has 3 nitrogen and oxygen atoms in total. The number of rotatable bonds is 3. The third-order valence-electron chi connectivity index (χ3n) is 3.45. The number of aromatic nitrogens is 1. The van der Waals surface area contributed by atoms with Crippen LogP contribution in [0.1, 0.15) is 17.4 Å². The lowest BCUT2D eigenvalue weighted by Gasteiger charge is -2.13. The first kappa shape index (κ1) is 13.9. The van der Waals surface area contributed by atoms with Crippen molar-refractivity contribution >= 4 is 22.4 Å². The van der Waals surface area contributed by atoms with Gasteiger partial charge in [0.15, 0.2) is 0 Å². The standard InChI is InChI=1S/C17H14ClNO2/c1-21-14-6-7-15-12(10-14)8-9-19-16(15)17(20)11-2-4-13(18)5-3-11/h2-10,17,20H,1H3/t17-/m0/s1. The maximum atomic E-state index is 10.6. The van der Waals surface area contributed by atoms with Crippen molar-refractivity contribution in [1.82, 2.24) is 4.98 Å². The Morgan fingerprint density at radius 2 is 1.86 bits per heavy atom. The number of ether oxygens (including phenoxy) is 1. The number of aliphatic hydroxyl groups is 1. The van der Waals surface area contributed by atoms with E-state index in [-0.39, 0.29) is 0 Å². The van der Waals surface area contributed by atoms with Crippen LogP contribution in [0.3, 0.4) is 0 Å². The zero-order valence-corrected chi connectivity index (χ0v) is 12.2. The SMILES string of the molecule is COc1ccc2c([C@@H](O)c3ccc(Cl)cc3)nccc2c1. The summed E-state index contributed by atoms with van der Waals surface area (Å²) in [4.78, 5) is 4.34. The minimum Gasteiger partial charge on any atom is -0.497 e. The molecule has 0 saturated carbocycles. The molecule has 1 N–H and O–H groups in total. The lowest BCUT2D eigenvalue weighted by atomic mass is 10.0. The molecule has 3 aromatic rings. The van der Waals surface area contributed by atoms with Gasteiger partial charge in [-0.05, 0) is 47.3 Å². The van der Waals surface area contributed by atoms with E-state index in [1.165, 1.54) is 0 Å². The highest BCUT2D eigenvalue weighted by Gasteiger charge is 2.15. The van der Waals surface area contributed by atoms with Crippen LogP contribution in [0.5, 0.6) is 5.75 Å². The Labute approximate surface area is 127 Å². The van der Waals surface area contributed by atoms with E-state index in [0.717, 1.165) is 22.1 Å². The quantitative estimate of drug-likeness (QED) is 0.795. The van der Waals surface area contributed by atoms with Crippen LogP contribution in [0.15, 0.2) is 54.7 Å². The molecule has 1 atom stereocenters. The number of pyridine rings is 1. The zero-order valence-electron chi connectivity index (χ0n) is 11.5. The summed E-state index contributed by atoms with van der Waals surface area (Å²) in [6.45, 7) is 0. The molecule has 2 aromatic carbocycles. The molecule has 21 heavy (non-hydrogen) atoms. The van der Waals surface area contributed by atoms with Gasteiger partial charge in [-0.1, -0.05) is 23.7 Å². The molecule has 0 unspecified atom stereocenters. The predicted molar refractivity (Wildman–Crippen MR) is 83.8 cm³/mol. The van der Waals surface area contributed by atoms with Gasteiger partial charge in [-0.2, -0.15) is 0 Å². The van der Waals surface area contributed by atoms with Gasteiger partial charge >= 0.3 is 0 Å². The third kappa shape index (κ3) is 2.71. The van der Waals surface area contributed by atoms with E-state index in [1.807, 2.05) is 24.3 Å². The molecular formula is C17H14ClNO2. The average Bonchev–Trinajstić information content (AvgIpc) is 2.53. The summed E-state index contributed by atoms with van der Waals surface area (Å²) in [7, 11) is 1.63. The van der Waals surface area contributed by atoms with Crippen LogP contribution in [-0.2, 0) is 0 Å². The van der Waals surface area contributed by atoms with Crippen molar-refractivity contribution in [2.45, 2.75) is 6.10 Å². The zero-order chi connectivity index (χ0) is 14.8. The molecule has 1 heterocycles. The first-order chi connectivity index (χ1) is 10.2. The lowest BCUT2D eigenvalue weighted by molar-refractivity contribution is 0.217. The number of methoxy groups -OCH3 is 1. The minimum atomic E-state index is -0.792. The highest BCUT2D eigenvalue weighted by atomic mass is 35.5. The predicted octanol–water partition coefficient (Wildman–Crippen LogP) is 3.98. The van der Waals surface area contributed by atoms with Crippen molar-refractivity contribution in [2.75, 3.05) is 7.11 Å². The molecule has 0 fully saturated rings. The average molecular weight is 300 g/mol. The smallest absolute Gasteiger partial charge is 0.122 e. The minimum absolute atomic E-state index is 0.623. The maximum Gasteiger partial charge on any atom is 0.122 e. The number of halogens is 1. The van der Waals surface area contributed by atoms with Gasteiger partial charge in [0.1, 0.15) is 11.9 Å². The monoisotopic (exact) mass is 299 g/mol. The molecule has 106 valence electrons. The molecule has 0 amide bonds. The van der Waals surface area contributed by atoms with E-state index in [1.54, 1.807) is 37.6 Å². The van der Waals surface area contributed by atoms with Crippen molar-refractivity contribution in [3.05, 3.63) is 71.0 Å². The number of aliphatic hydroxyl groups excluding tert-OH is 1. The van der Waals surface area contributed by atoms with Gasteiger partial charge in [0, 0.05) is 16.6 Å². The number of hydrogen-bond donors (Lipinski definition) is 1. The molecule has 3 rings (SSSR count). The lowest BCUT2D eigenvalue weighted by Crippen LogP contribution is -2.03. The van der Waals surface area contributed by atoms with Crippen molar-refractivity contribution in [1.29, 1.82) is 0 Å². The van der Waals surface area contributed by atoms with Crippen LogP contribution in [0.25, 0.3) is 10.8 Å². The maximum absolute atomic E-state index is 10.6. The normalized spacial score (nSPS) is 12.3. The number of hydrogen-bond acceptors (Lipinski definition) is 3. The number of benzene rings is 2. The molecular weight excluding hydrogens is 286 g/mol. The van der Waals surface area contributed by atoms with E-state index in [0.29, 0.717) is 10.7 Å². The van der Waals surface area contributed by atoms with Gasteiger partial charge in [-0.3, -0.25) is 4.98 Å². The highest BCUT2D eigenvalue weighted by Crippen LogP contribution is 2.29. The van der Waals surface area contributed by atoms with Gasteiger partial charge in [0.2, 0.25) is 0 Å². The van der Waals surface area contributed by atoms with E-state index in [4.69, 9.17) is 16.3 Å². The second kappa shape index (κ2) is 5.72. The molecule has 0 bridgehead atoms. The van der Waals surface area contributed by atoms with Gasteiger partial charge < -0.3 is 9.84 Å². The summed E-state index contributed by atoms with van der Waals surface area (Å²) >= 11 is 5.88. The molecule has 1 aromatic heterocycles. The van der Waals surface area contributed by atoms with Crippen molar-refractivity contribution in [2.24, 2.45) is 0 Å². The fourth-order valence-corrected chi connectivity index (χ4v) is 2.45. The van der Waals surface area contributed by atoms with E-state index in [9.17, 15) is 5.11 Å². The van der Waals surface area contributed by atoms with E-state index in [2.05, 4.69) is 4.98 Å². The van der Waals surface area contributed by atoms with Crippen LogP contribution in [0.4, 0.5) is 0 Å². The van der Waals surface area contributed by atoms with Crippen molar-refractivity contribution in [3.8, 4) is 5.75 Å². The largest absolute Gasteiger partial charge is 0.497 e. The van der Waals surface area contributed by atoms with Crippen LogP contribution in [-0.4, -0.2) is 17.2 Å². The molecule has 0 aliphatic rings. The second-order valence-corrected chi connectivity index (χ2v) is 5.17. The summed E-state index contributed by atoms with van der Waals surface area (Å²) < 4.78 is 5.22. The molecule has 0 radical (unpaired) electrons. The van der Waals surface area contributed by atoms with E-state index < -0.39 is 6.10 Å². The van der Waals surface area contributed by atoms with Crippen molar-refractivity contribution in [3.63, 3.8) is 0 Å². The summed E-state index contributed by atoms with van der Waals surface area (Å²) in [6.07, 6.45) is 0.898. The molecule has 0 saturated heterocycles. The Bertz CT molecular complexity index is 771. The molecule has 0 aliphatic carbocycles. The van der Waals surface area contributed by atoms with Crippen LogP contribution >= 0.6 is 11.6 Å². The third-order valence-corrected chi connectivity index (χ3v) is 3.70. The fourth-order valence-electron chi connectivity index (χ4n) is 2.33. The molecule has 0 spiro atoms. The highest BCUT2D eigenvalue weighted by molar-refractivity contribution is 6.30. The second-order valence-electron chi connectivity index (χ2n) is 4.74. The number of nitrogens with zero attached hydrogens (tertiary/aromatic N) is 1. The van der Waals surface area contributed by atoms with Gasteiger partial charge in [-0.25, -0.2) is 0 Å². The molecule has 0 aliphatic heterocycles. The number of fused-ring (bicyclic) bond motifs is 1. The molecule has 4 heteroatoms. The topological polar surface area (TPSA) is 42.4 Å². The van der Waals surface area contributed by atoms with E-state index >= 15 is 0 Å². The Morgan fingerprint density at radius 1 is 1.10 bits per heavy atom. The van der Waals surface area contributed by atoms with Gasteiger partial charge in [0.25, 0.3) is 0 Å². The van der Waals surface area contributed by atoms with Crippen LogP contribution < -0.4 is 4.74 Å². The van der Waals surface area contributed by atoms with Crippen LogP contribution in [0, 0.1) is 0 Å². The summed E-state index contributed by atoms with van der Waals surface area (Å²) in [5.74, 6) is 0.778. The summed E-state index contributed by atoms with van der Waals surface area (Å²) in [6, 6.07) is 14.7.